The number of nitrogens with zero attached hydrogens (tertiary/aromatic N) is 4. The molecule has 2 aromatic heterocycles. The number of methoxy groups -OCH3 is 2. The third kappa shape index (κ3) is 6.87. The van der Waals surface area contributed by atoms with E-state index in [9.17, 15) is 9.59 Å². The highest BCUT2D eigenvalue weighted by molar-refractivity contribution is 6.32. The van der Waals surface area contributed by atoms with E-state index in [4.69, 9.17) is 51.9 Å². The van der Waals surface area contributed by atoms with E-state index in [1.54, 1.807) is 35.2 Å². The molecular weight excluding hydrogens is 635 g/mol. The predicted molar refractivity (Wildman–Crippen MR) is 171 cm³/mol. The van der Waals surface area contributed by atoms with Crippen LogP contribution in [0.4, 0.5) is 0 Å². The van der Waals surface area contributed by atoms with Crippen LogP contribution in [0.5, 0.6) is 17.2 Å². The molecule has 0 N–H and O–H groups in total. The Kier molecular flexibility index (Phi) is 9.83. The van der Waals surface area contributed by atoms with Gasteiger partial charge < -0.3 is 33.0 Å². The SMILES string of the molecule is COC(=O)COc1cc(C2c3c(nc4cc(Cl)ccn34)CCN2C(=O)COc2ccc(CN3CCOCC3)cc2Cl)ccc1OC. The van der Waals surface area contributed by atoms with Gasteiger partial charge in [-0.1, -0.05) is 35.3 Å². The average Bonchev–Trinajstić information content (AvgIpc) is 3.44. The highest BCUT2D eigenvalue weighted by atomic mass is 35.5. The minimum absolute atomic E-state index is 0.223. The molecule has 4 aromatic rings. The number of hydrogen-bond donors (Lipinski definition) is 0. The van der Waals surface area contributed by atoms with Crippen LogP contribution in [-0.4, -0.2) is 91.3 Å². The molecule has 1 fully saturated rings. The zero-order valence-corrected chi connectivity index (χ0v) is 27.1. The number of hydrogen-bond acceptors (Lipinski definition) is 9. The summed E-state index contributed by atoms with van der Waals surface area (Å²) < 4.78 is 29.4. The second kappa shape index (κ2) is 14.2. The topological polar surface area (TPSA) is 104 Å². The fraction of sp³-hybridized carbons (Fsp3) is 0.364. The van der Waals surface area contributed by atoms with Crippen molar-refractivity contribution in [2.45, 2.75) is 19.0 Å². The molecule has 11 nitrogen and oxygen atoms in total. The number of aromatic nitrogens is 2. The number of imidazole rings is 1. The van der Waals surface area contributed by atoms with E-state index in [1.165, 1.54) is 14.2 Å². The Morgan fingerprint density at radius 1 is 0.935 bits per heavy atom. The van der Waals surface area contributed by atoms with E-state index in [2.05, 4.69) is 4.90 Å². The molecule has 1 amide bonds. The summed E-state index contributed by atoms with van der Waals surface area (Å²) in [4.78, 5) is 34.7. The molecule has 46 heavy (non-hydrogen) atoms. The number of rotatable bonds is 10. The van der Waals surface area contributed by atoms with Crippen LogP contribution in [-0.2, 0) is 32.0 Å². The molecule has 13 heteroatoms. The maximum absolute atomic E-state index is 14.0. The molecule has 0 saturated carbocycles. The van der Waals surface area contributed by atoms with Gasteiger partial charge in [-0.3, -0.25) is 9.69 Å². The first-order valence-electron chi connectivity index (χ1n) is 14.9. The number of pyridine rings is 1. The monoisotopic (exact) mass is 668 g/mol. The van der Waals surface area contributed by atoms with Crippen LogP contribution in [0.2, 0.25) is 10.0 Å². The number of morpholine rings is 1. The van der Waals surface area contributed by atoms with Crippen LogP contribution in [0.3, 0.4) is 0 Å². The van der Waals surface area contributed by atoms with Gasteiger partial charge in [0, 0.05) is 49.9 Å². The Bertz CT molecular complexity index is 1740. The molecule has 2 aliphatic rings. The Balaban J connectivity index is 1.28. The van der Waals surface area contributed by atoms with Gasteiger partial charge in [-0.25, -0.2) is 9.78 Å². The quantitative estimate of drug-likeness (QED) is 0.225. The molecule has 1 saturated heterocycles. The number of amides is 1. The van der Waals surface area contributed by atoms with E-state index < -0.39 is 12.0 Å². The molecular formula is C33H34Cl2N4O7. The van der Waals surface area contributed by atoms with Crippen molar-refractivity contribution in [3.8, 4) is 17.2 Å². The first-order chi connectivity index (χ1) is 22.3. The van der Waals surface area contributed by atoms with E-state index in [0.717, 1.165) is 55.4 Å². The molecule has 0 spiro atoms. The average molecular weight is 670 g/mol. The van der Waals surface area contributed by atoms with Gasteiger partial charge in [-0.05, 0) is 41.5 Å². The normalized spacial score (nSPS) is 16.6. The number of halogens is 2. The van der Waals surface area contributed by atoms with Gasteiger partial charge in [-0.2, -0.15) is 0 Å². The van der Waals surface area contributed by atoms with Gasteiger partial charge in [0.2, 0.25) is 0 Å². The summed E-state index contributed by atoms with van der Waals surface area (Å²) in [5.74, 6) is 0.430. The zero-order chi connectivity index (χ0) is 32.2. The highest BCUT2D eigenvalue weighted by Crippen LogP contribution is 2.40. The van der Waals surface area contributed by atoms with E-state index >= 15 is 0 Å². The number of carbonyl (C=O) groups excluding carboxylic acids is 2. The molecule has 0 radical (unpaired) electrons. The van der Waals surface area contributed by atoms with Crippen LogP contribution in [0.15, 0.2) is 54.7 Å². The number of ether oxygens (including phenoxy) is 5. The van der Waals surface area contributed by atoms with Gasteiger partial charge >= 0.3 is 5.97 Å². The van der Waals surface area contributed by atoms with Crippen LogP contribution in [0.25, 0.3) is 5.65 Å². The summed E-state index contributed by atoms with van der Waals surface area (Å²) in [6.45, 7) is 3.81. The number of benzene rings is 2. The van der Waals surface area contributed by atoms with Gasteiger partial charge in [0.15, 0.2) is 24.7 Å². The second-order valence-corrected chi connectivity index (χ2v) is 11.8. The number of carbonyl (C=O) groups is 2. The molecule has 2 aliphatic heterocycles. The Labute approximate surface area is 276 Å². The minimum Gasteiger partial charge on any atom is -0.493 e. The largest absolute Gasteiger partial charge is 0.493 e. The smallest absolute Gasteiger partial charge is 0.343 e. The summed E-state index contributed by atoms with van der Waals surface area (Å²) in [5.41, 5.74) is 4.14. The summed E-state index contributed by atoms with van der Waals surface area (Å²) in [6.07, 6.45) is 2.38. The lowest BCUT2D eigenvalue weighted by atomic mass is 9.95. The van der Waals surface area contributed by atoms with E-state index in [-0.39, 0.29) is 19.1 Å². The zero-order valence-electron chi connectivity index (χ0n) is 25.5. The van der Waals surface area contributed by atoms with Crippen molar-refractivity contribution in [2.24, 2.45) is 0 Å². The van der Waals surface area contributed by atoms with Crippen LogP contribution in [0, 0.1) is 0 Å². The lowest BCUT2D eigenvalue weighted by Crippen LogP contribution is -2.43. The fourth-order valence-electron chi connectivity index (χ4n) is 5.84. The number of fused-ring (bicyclic) bond motifs is 3. The summed E-state index contributed by atoms with van der Waals surface area (Å²) in [7, 11) is 2.80. The Morgan fingerprint density at radius 3 is 2.48 bits per heavy atom. The van der Waals surface area contributed by atoms with Crippen molar-refractivity contribution < 1.29 is 33.3 Å². The molecule has 4 heterocycles. The minimum atomic E-state index is -0.561. The standard InChI is InChI=1S/C33H34Cl2N4O7/c1-42-27-6-4-22(16-28(27)46-20-31(41)43-2)32-33-25(36-29-17-23(34)7-9-38(29)33)8-10-39(32)30(40)19-45-26-5-3-21(15-24(26)35)18-37-11-13-44-14-12-37/h3-7,9,15-17,32H,8,10-14,18-20H2,1-2H3. The summed E-state index contributed by atoms with van der Waals surface area (Å²) in [6, 6.07) is 14.0. The summed E-state index contributed by atoms with van der Waals surface area (Å²) >= 11 is 12.9. The maximum atomic E-state index is 14.0. The predicted octanol–water partition coefficient (Wildman–Crippen LogP) is 4.59. The molecule has 1 unspecified atom stereocenters. The lowest BCUT2D eigenvalue weighted by molar-refractivity contribution is -0.143. The third-order valence-corrected chi connectivity index (χ3v) is 8.65. The highest BCUT2D eigenvalue weighted by Gasteiger charge is 2.36. The van der Waals surface area contributed by atoms with Crippen LogP contribution in [0.1, 0.15) is 28.6 Å². The van der Waals surface area contributed by atoms with Gasteiger partial charge in [0.1, 0.15) is 11.4 Å². The van der Waals surface area contributed by atoms with E-state index in [0.29, 0.717) is 45.9 Å². The molecule has 242 valence electrons. The van der Waals surface area contributed by atoms with Crippen molar-refractivity contribution in [3.63, 3.8) is 0 Å². The van der Waals surface area contributed by atoms with Crippen LogP contribution < -0.4 is 14.2 Å². The van der Waals surface area contributed by atoms with E-state index in [1.807, 2.05) is 28.8 Å². The van der Waals surface area contributed by atoms with Crippen molar-refractivity contribution in [2.75, 3.05) is 60.3 Å². The first kappa shape index (κ1) is 31.9. The Hall–Kier alpha value is -4.03. The Morgan fingerprint density at radius 2 is 1.72 bits per heavy atom. The fourth-order valence-corrected chi connectivity index (χ4v) is 6.25. The van der Waals surface area contributed by atoms with Crippen molar-refractivity contribution in [1.29, 1.82) is 0 Å². The van der Waals surface area contributed by atoms with Crippen molar-refractivity contribution in [1.82, 2.24) is 19.2 Å². The maximum Gasteiger partial charge on any atom is 0.343 e. The molecule has 2 aromatic carbocycles. The molecule has 1 atom stereocenters. The molecule has 0 aliphatic carbocycles. The van der Waals surface area contributed by atoms with Crippen molar-refractivity contribution >= 4 is 40.7 Å². The number of esters is 1. The lowest BCUT2D eigenvalue weighted by Gasteiger charge is -2.36. The van der Waals surface area contributed by atoms with Crippen molar-refractivity contribution in [3.05, 3.63) is 87.3 Å². The molecule has 0 bridgehead atoms. The van der Waals surface area contributed by atoms with Gasteiger partial charge in [-0.15, -0.1) is 0 Å². The second-order valence-electron chi connectivity index (χ2n) is 11.0. The van der Waals surface area contributed by atoms with Gasteiger partial charge in [0.05, 0.1) is 49.9 Å². The van der Waals surface area contributed by atoms with Gasteiger partial charge in [0.25, 0.3) is 5.91 Å². The molecule has 6 rings (SSSR count). The van der Waals surface area contributed by atoms with Crippen LogP contribution >= 0.6 is 23.2 Å². The first-order valence-corrected chi connectivity index (χ1v) is 15.6. The third-order valence-electron chi connectivity index (χ3n) is 8.12. The summed E-state index contributed by atoms with van der Waals surface area (Å²) in [5, 5.41) is 1.00.